The first kappa shape index (κ1) is 22.2. The number of hydrogen-bond donors (Lipinski definition) is 2. The van der Waals surface area contributed by atoms with Crippen LogP contribution in [0.2, 0.25) is 0 Å². The van der Waals surface area contributed by atoms with Gasteiger partial charge in [-0.15, -0.1) is 0 Å². The van der Waals surface area contributed by atoms with Crippen LogP contribution in [0, 0.1) is 16.6 Å². The summed E-state index contributed by atoms with van der Waals surface area (Å²) in [5.74, 6) is -0.603. The first-order chi connectivity index (χ1) is 16.0. The largest absolute Gasteiger partial charge is 0.481 e. The maximum Gasteiger partial charge on any atom is 0.316 e. The van der Waals surface area contributed by atoms with E-state index in [1.165, 1.54) is 5.56 Å². The summed E-state index contributed by atoms with van der Waals surface area (Å²) in [6, 6.07) is 11.2. The van der Waals surface area contributed by atoms with E-state index < -0.39 is 17.2 Å². The van der Waals surface area contributed by atoms with Crippen molar-refractivity contribution in [3.8, 4) is 6.01 Å². The monoisotopic (exact) mass is 454 g/mol. The molecule has 0 spiro atoms. The first-order valence-corrected chi connectivity index (χ1v) is 11.8. The molecule has 0 amide bonds. The lowest BCUT2D eigenvalue weighted by Crippen LogP contribution is -2.50. The van der Waals surface area contributed by atoms with E-state index in [-0.39, 0.29) is 11.4 Å². The van der Waals surface area contributed by atoms with E-state index in [1.807, 2.05) is 6.07 Å². The normalized spacial score (nSPS) is 25.4. The molecule has 1 aromatic heterocycles. The molecule has 0 radical (unpaired) electrons. The fourth-order valence-electron chi connectivity index (χ4n) is 5.01. The minimum atomic E-state index is -0.668. The number of aromatic nitrogens is 2. The molecule has 2 N–H and O–H groups in total. The van der Waals surface area contributed by atoms with Crippen molar-refractivity contribution < 1.29 is 19.0 Å². The summed E-state index contributed by atoms with van der Waals surface area (Å²) in [5, 5.41) is 13.3. The number of hydrogen-bond acceptors (Lipinski definition) is 6. The first-order valence-electron chi connectivity index (χ1n) is 11.8. The molecular formula is C25H31FN4O3. The van der Waals surface area contributed by atoms with Gasteiger partial charge in [0, 0.05) is 30.5 Å². The average Bonchev–Trinajstić information content (AvgIpc) is 3.76. The molecule has 1 aromatic carbocycles. The summed E-state index contributed by atoms with van der Waals surface area (Å²) in [6.07, 6.45) is 6.73. The zero-order chi connectivity index (χ0) is 22.9. The third-order valence-corrected chi connectivity index (χ3v) is 7.61. The fraction of sp³-hybridized carbons (Fsp3) is 0.560. The number of aliphatic carboxylic acids is 1. The Morgan fingerprint density at radius 3 is 2.48 bits per heavy atom. The molecule has 176 valence electrons. The molecule has 7 nitrogen and oxygen atoms in total. The quantitative estimate of drug-likeness (QED) is 0.570. The van der Waals surface area contributed by atoms with Crippen LogP contribution in [0.4, 0.5) is 4.39 Å². The van der Waals surface area contributed by atoms with E-state index in [2.05, 4.69) is 44.5 Å². The van der Waals surface area contributed by atoms with Crippen LogP contribution in [0.25, 0.3) is 0 Å². The van der Waals surface area contributed by atoms with Crippen LogP contribution in [0.15, 0.2) is 42.7 Å². The van der Waals surface area contributed by atoms with Crippen LogP contribution >= 0.6 is 0 Å². The maximum absolute atomic E-state index is 13.2. The second kappa shape index (κ2) is 8.99. The molecule has 2 aliphatic carbocycles. The average molecular weight is 455 g/mol. The molecule has 1 saturated heterocycles. The van der Waals surface area contributed by atoms with Crippen molar-refractivity contribution in [2.24, 2.45) is 10.8 Å². The van der Waals surface area contributed by atoms with E-state index in [4.69, 9.17) is 4.74 Å². The summed E-state index contributed by atoms with van der Waals surface area (Å²) in [7, 11) is 0. The van der Waals surface area contributed by atoms with Gasteiger partial charge in [-0.05, 0) is 50.8 Å². The van der Waals surface area contributed by atoms with Crippen LogP contribution in [-0.2, 0) is 4.79 Å². The number of carboxylic acid groups (broad SMARTS) is 1. The van der Waals surface area contributed by atoms with Gasteiger partial charge >= 0.3 is 12.0 Å². The van der Waals surface area contributed by atoms with Gasteiger partial charge in [-0.25, -0.2) is 14.4 Å². The number of nitrogens with zero attached hydrogens (tertiary/aromatic N) is 3. The second-order valence-corrected chi connectivity index (χ2v) is 10.1. The van der Waals surface area contributed by atoms with Crippen LogP contribution in [0.1, 0.15) is 43.6 Å². The van der Waals surface area contributed by atoms with E-state index in [9.17, 15) is 14.3 Å². The molecule has 3 aliphatic rings. The predicted octanol–water partition coefficient (Wildman–Crippen LogP) is 3.09. The number of carboxylic acids is 1. The van der Waals surface area contributed by atoms with E-state index in [1.54, 1.807) is 0 Å². The van der Waals surface area contributed by atoms with Crippen molar-refractivity contribution in [1.29, 1.82) is 0 Å². The smallest absolute Gasteiger partial charge is 0.316 e. The SMILES string of the molecule is O=C(O)C1(CN2CCC(CN[C@@H]3C[C@H]3c3ccccc3)(COc3ncc(F)cn3)CC2)CC1. The Kier molecular flexibility index (Phi) is 6.05. The van der Waals surface area contributed by atoms with Crippen molar-refractivity contribution in [2.45, 2.75) is 44.1 Å². The number of benzene rings is 1. The fourth-order valence-corrected chi connectivity index (χ4v) is 5.01. The molecule has 2 heterocycles. The topological polar surface area (TPSA) is 87.6 Å². The summed E-state index contributed by atoms with van der Waals surface area (Å²) in [6.45, 7) is 3.59. The molecule has 0 bridgehead atoms. The standard InChI is InChI=1S/C25H31FN4O3/c26-19-13-27-23(28-14-19)33-17-24(15-29-21-12-20(21)18-4-2-1-3-5-18)8-10-30(11-9-24)16-25(6-7-25)22(31)32/h1-5,13-14,20-21,29H,6-12,15-17H2,(H,31,32)/t20-,21+/m0/s1. The number of likely N-dealkylation sites (tertiary alicyclic amines) is 1. The van der Waals surface area contributed by atoms with Crippen molar-refractivity contribution in [1.82, 2.24) is 20.2 Å². The summed E-state index contributed by atoms with van der Waals surface area (Å²) < 4.78 is 19.1. The summed E-state index contributed by atoms with van der Waals surface area (Å²) >= 11 is 0. The van der Waals surface area contributed by atoms with Crippen molar-refractivity contribution in [3.05, 3.63) is 54.1 Å². The second-order valence-electron chi connectivity index (χ2n) is 10.1. The molecule has 3 fully saturated rings. The lowest BCUT2D eigenvalue weighted by molar-refractivity contribution is -0.144. The highest BCUT2D eigenvalue weighted by atomic mass is 19.1. The molecule has 2 saturated carbocycles. The Morgan fingerprint density at radius 2 is 1.85 bits per heavy atom. The Balaban J connectivity index is 1.20. The highest BCUT2D eigenvalue weighted by molar-refractivity contribution is 5.78. The van der Waals surface area contributed by atoms with Gasteiger partial charge < -0.3 is 20.1 Å². The Morgan fingerprint density at radius 1 is 1.15 bits per heavy atom. The molecule has 1 aliphatic heterocycles. The zero-order valence-corrected chi connectivity index (χ0v) is 18.8. The third-order valence-electron chi connectivity index (χ3n) is 7.61. The van der Waals surface area contributed by atoms with Crippen molar-refractivity contribution >= 4 is 5.97 Å². The van der Waals surface area contributed by atoms with Crippen LogP contribution in [0.5, 0.6) is 6.01 Å². The van der Waals surface area contributed by atoms with Gasteiger partial charge in [0.2, 0.25) is 0 Å². The highest BCUT2D eigenvalue weighted by Crippen LogP contribution is 2.47. The van der Waals surface area contributed by atoms with Gasteiger partial charge in [-0.2, -0.15) is 0 Å². The van der Waals surface area contributed by atoms with Gasteiger partial charge in [-0.1, -0.05) is 30.3 Å². The Hall–Kier alpha value is -2.58. The summed E-state index contributed by atoms with van der Waals surface area (Å²) in [4.78, 5) is 21.8. The van der Waals surface area contributed by atoms with Crippen LogP contribution < -0.4 is 10.1 Å². The molecule has 2 atom stereocenters. The lowest BCUT2D eigenvalue weighted by Gasteiger charge is -2.42. The molecule has 2 aromatic rings. The third kappa shape index (κ3) is 5.17. The zero-order valence-electron chi connectivity index (χ0n) is 18.8. The number of nitrogens with one attached hydrogen (secondary N) is 1. The Labute approximate surface area is 193 Å². The molecule has 0 unspecified atom stereocenters. The number of ether oxygens (including phenoxy) is 1. The number of rotatable bonds is 10. The lowest BCUT2D eigenvalue weighted by atomic mass is 9.78. The van der Waals surface area contributed by atoms with Gasteiger partial charge in [0.05, 0.1) is 24.4 Å². The minimum Gasteiger partial charge on any atom is -0.481 e. The summed E-state index contributed by atoms with van der Waals surface area (Å²) in [5.41, 5.74) is 0.740. The number of piperidine rings is 1. The predicted molar refractivity (Wildman–Crippen MR) is 120 cm³/mol. The van der Waals surface area contributed by atoms with E-state index >= 15 is 0 Å². The van der Waals surface area contributed by atoms with Crippen LogP contribution in [0.3, 0.4) is 0 Å². The molecule has 5 rings (SSSR count). The highest BCUT2D eigenvalue weighted by Gasteiger charge is 2.52. The molecule has 33 heavy (non-hydrogen) atoms. The molecular weight excluding hydrogens is 423 g/mol. The van der Waals surface area contributed by atoms with Crippen molar-refractivity contribution in [2.75, 3.05) is 32.8 Å². The van der Waals surface area contributed by atoms with Crippen LogP contribution in [-0.4, -0.2) is 64.8 Å². The van der Waals surface area contributed by atoms with Crippen molar-refractivity contribution in [3.63, 3.8) is 0 Å². The van der Waals surface area contributed by atoms with Gasteiger partial charge in [0.15, 0.2) is 5.82 Å². The van der Waals surface area contributed by atoms with E-state index in [0.717, 1.165) is 64.1 Å². The van der Waals surface area contributed by atoms with Gasteiger partial charge in [-0.3, -0.25) is 4.79 Å². The maximum atomic E-state index is 13.2. The minimum absolute atomic E-state index is 0.0992. The molecule has 8 heteroatoms. The Bertz CT molecular complexity index is 959. The van der Waals surface area contributed by atoms with E-state index in [0.29, 0.717) is 25.1 Å². The number of carbonyl (C=O) groups is 1. The van der Waals surface area contributed by atoms with Gasteiger partial charge in [0.25, 0.3) is 0 Å². The van der Waals surface area contributed by atoms with Gasteiger partial charge in [0.1, 0.15) is 0 Å². The number of halogens is 1.